The molecule has 1 aliphatic heterocycles. The molecule has 3 rings (SSSR count). The summed E-state index contributed by atoms with van der Waals surface area (Å²) in [5, 5.41) is 11.0. The van der Waals surface area contributed by atoms with Gasteiger partial charge >= 0.3 is 0 Å². The number of likely N-dealkylation sites (N-methyl/N-ethyl adjacent to an activating group) is 1. The number of β-amino-alcohol motifs (C(OH)–C–C–N with tert-alkyl or cyclic N) is 1. The molecule has 1 aromatic carbocycles. The van der Waals surface area contributed by atoms with Crippen molar-refractivity contribution in [3.8, 4) is 5.75 Å². The molecular formula is C22H30FN3O3. The molecule has 0 unspecified atom stereocenters. The second-order valence-corrected chi connectivity index (χ2v) is 7.59. The van der Waals surface area contributed by atoms with Crippen LogP contribution in [0.4, 0.5) is 10.2 Å². The van der Waals surface area contributed by atoms with Gasteiger partial charge in [0, 0.05) is 32.8 Å². The number of aromatic nitrogens is 1. The summed E-state index contributed by atoms with van der Waals surface area (Å²) < 4.78 is 24.0. The fourth-order valence-electron chi connectivity index (χ4n) is 3.66. The molecule has 1 atom stereocenters. The van der Waals surface area contributed by atoms with Crippen LogP contribution in [0, 0.1) is 5.82 Å². The summed E-state index contributed by atoms with van der Waals surface area (Å²) in [5.41, 5.74) is 0.343. The second kappa shape index (κ2) is 10.0. The lowest BCUT2D eigenvalue weighted by Crippen LogP contribution is -2.43. The molecule has 158 valence electrons. The van der Waals surface area contributed by atoms with Crippen molar-refractivity contribution in [3.05, 3.63) is 54.0 Å². The van der Waals surface area contributed by atoms with Crippen molar-refractivity contribution in [3.63, 3.8) is 0 Å². The molecular weight excluding hydrogens is 373 g/mol. The Balaban J connectivity index is 1.47. The molecule has 0 saturated carbocycles. The lowest BCUT2D eigenvalue weighted by atomic mass is 10.0. The van der Waals surface area contributed by atoms with Crippen LogP contribution in [0.2, 0.25) is 0 Å². The average Bonchev–Trinajstić information content (AvgIpc) is 3.08. The molecule has 2 aromatic rings. The Bertz CT molecular complexity index is 757. The Kier molecular flexibility index (Phi) is 7.41. The quantitative estimate of drug-likeness (QED) is 0.616. The van der Waals surface area contributed by atoms with E-state index >= 15 is 0 Å². The number of aliphatic hydroxyl groups is 1. The van der Waals surface area contributed by atoms with Crippen LogP contribution in [0.25, 0.3) is 0 Å². The van der Waals surface area contributed by atoms with E-state index in [1.165, 1.54) is 12.3 Å². The number of rotatable bonds is 10. The minimum Gasteiger partial charge on any atom is -0.491 e. The Morgan fingerprint density at radius 3 is 2.69 bits per heavy atom. The van der Waals surface area contributed by atoms with Crippen LogP contribution < -0.4 is 9.64 Å². The Hall–Kier alpha value is -2.22. The second-order valence-electron chi connectivity index (χ2n) is 7.59. The first-order valence-corrected chi connectivity index (χ1v) is 10.0. The fraction of sp³-hybridized carbons (Fsp3) is 0.500. The third-order valence-corrected chi connectivity index (χ3v) is 5.01. The molecule has 0 spiro atoms. The predicted molar refractivity (Wildman–Crippen MR) is 111 cm³/mol. The predicted octanol–water partition coefficient (Wildman–Crippen LogP) is 2.71. The molecule has 1 fully saturated rings. The Morgan fingerprint density at radius 1 is 1.21 bits per heavy atom. The molecule has 1 saturated heterocycles. The van der Waals surface area contributed by atoms with Gasteiger partial charge in [-0.3, -0.25) is 4.90 Å². The number of hydrogen-bond donors (Lipinski definition) is 1. The molecule has 1 aromatic heterocycles. The summed E-state index contributed by atoms with van der Waals surface area (Å²) in [4.78, 5) is 8.24. The number of benzene rings is 1. The molecule has 2 heterocycles. The van der Waals surface area contributed by atoms with Crippen molar-refractivity contribution in [1.82, 2.24) is 9.88 Å². The van der Waals surface area contributed by atoms with Gasteiger partial charge in [-0.25, -0.2) is 9.37 Å². The van der Waals surface area contributed by atoms with Crippen molar-refractivity contribution >= 4 is 5.82 Å². The van der Waals surface area contributed by atoms with E-state index in [1.54, 1.807) is 6.07 Å². The van der Waals surface area contributed by atoms with E-state index in [-0.39, 0.29) is 5.82 Å². The van der Waals surface area contributed by atoms with Gasteiger partial charge in [-0.1, -0.05) is 12.1 Å². The van der Waals surface area contributed by atoms with Gasteiger partial charge in [0.05, 0.1) is 18.4 Å². The average molecular weight is 403 g/mol. The largest absolute Gasteiger partial charge is 0.491 e. The Labute approximate surface area is 171 Å². The minimum absolute atomic E-state index is 0.353. The zero-order chi connectivity index (χ0) is 20.7. The summed E-state index contributed by atoms with van der Waals surface area (Å²) in [7, 11) is 2.00. The van der Waals surface area contributed by atoms with Crippen molar-refractivity contribution in [1.29, 1.82) is 0 Å². The fourth-order valence-corrected chi connectivity index (χ4v) is 3.66. The molecule has 0 amide bonds. The summed E-state index contributed by atoms with van der Waals surface area (Å²) in [6.07, 6.45) is 1.87. The van der Waals surface area contributed by atoms with Gasteiger partial charge in [0.25, 0.3) is 0 Å². The highest BCUT2D eigenvalue weighted by Gasteiger charge is 2.37. The molecule has 1 N–H and O–H groups in total. The number of nitrogens with zero attached hydrogens (tertiary/aromatic N) is 3. The smallest absolute Gasteiger partial charge is 0.141 e. The maximum absolute atomic E-state index is 13.1. The number of ether oxygens (including phenoxy) is 2. The minimum atomic E-state index is -0.812. The van der Waals surface area contributed by atoms with Crippen molar-refractivity contribution < 1.29 is 19.0 Å². The first kappa shape index (κ1) is 21.5. The van der Waals surface area contributed by atoms with Crippen LogP contribution in [0.15, 0.2) is 42.6 Å². The van der Waals surface area contributed by atoms with Gasteiger partial charge in [-0.2, -0.15) is 0 Å². The molecule has 29 heavy (non-hydrogen) atoms. The molecule has 0 radical (unpaired) electrons. The van der Waals surface area contributed by atoms with E-state index in [0.29, 0.717) is 51.7 Å². The van der Waals surface area contributed by atoms with Gasteiger partial charge in [-0.15, -0.1) is 0 Å². The highest BCUT2D eigenvalue weighted by molar-refractivity contribution is 5.40. The first-order chi connectivity index (χ1) is 14.0. The third-order valence-electron chi connectivity index (χ3n) is 5.01. The van der Waals surface area contributed by atoms with Crippen LogP contribution in [-0.4, -0.2) is 67.1 Å². The van der Waals surface area contributed by atoms with Gasteiger partial charge in [0.15, 0.2) is 0 Å². The summed E-state index contributed by atoms with van der Waals surface area (Å²) in [6, 6.07) is 11.1. The van der Waals surface area contributed by atoms with Crippen LogP contribution in [0.5, 0.6) is 5.75 Å². The van der Waals surface area contributed by atoms with Gasteiger partial charge in [-0.05, 0) is 50.2 Å². The van der Waals surface area contributed by atoms with E-state index in [9.17, 15) is 9.50 Å². The summed E-state index contributed by atoms with van der Waals surface area (Å²) in [6.45, 7) is 6.26. The normalized spacial score (nSPS) is 19.1. The number of hydrogen-bond acceptors (Lipinski definition) is 6. The monoisotopic (exact) mass is 403 g/mol. The van der Waals surface area contributed by atoms with Gasteiger partial charge < -0.3 is 19.5 Å². The zero-order valence-electron chi connectivity index (χ0n) is 17.2. The number of halogens is 1. The first-order valence-electron chi connectivity index (χ1n) is 10.0. The molecule has 1 aliphatic rings. The third kappa shape index (κ3) is 6.39. The maximum atomic E-state index is 13.1. The van der Waals surface area contributed by atoms with Crippen LogP contribution in [-0.2, 0) is 11.3 Å². The lowest BCUT2D eigenvalue weighted by molar-refractivity contribution is 0.0279. The number of anilines is 1. The van der Waals surface area contributed by atoms with E-state index < -0.39 is 5.60 Å². The van der Waals surface area contributed by atoms with E-state index in [0.717, 1.165) is 17.9 Å². The van der Waals surface area contributed by atoms with E-state index in [4.69, 9.17) is 9.47 Å². The highest BCUT2D eigenvalue weighted by Crippen LogP contribution is 2.26. The molecule has 6 nitrogen and oxygen atoms in total. The topological polar surface area (TPSA) is 58.1 Å². The van der Waals surface area contributed by atoms with Crippen molar-refractivity contribution in [2.75, 3.05) is 51.4 Å². The van der Waals surface area contributed by atoms with Gasteiger partial charge in [0.1, 0.15) is 24.0 Å². The van der Waals surface area contributed by atoms with Crippen molar-refractivity contribution in [2.24, 2.45) is 0 Å². The maximum Gasteiger partial charge on any atom is 0.141 e. The molecule has 0 bridgehead atoms. The standard InChI is InChI=1S/C22H30FN3O3/c1-3-28-12-13-29-20-7-4-18(5-8-20)15-25(2)16-22(27)10-11-26(17-22)21-9-6-19(23)14-24-21/h4-9,14,27H,3,10-13,15-17H2,1-2H3/t22-/m0/s1. The van der Waals surface area contributed by atoms with Crippen LogP contribution in [0.1, 0.15) is 18.9 Å². The SMILES string of the molecule is CCOCCOc1ccc(CN(C)C[C@@]2(O)CCN(c3ccc(F)cn3)C2)cc1. The molecule has 0 aliphatic carbocycles. The van der Waals surface area contributed by atoms with Crippen LogP contribution in [0.3, 0.4) is 0 Å². The van der Waals surface area contributed by atoms with Gasteiger partial charge in [0.2, 0.25) is 0 Å². The molecule has 7 heteroatoms. The van der Waals surface area contributed by atoms with Crippen LogP contribution >= 0.6 is 0 Å². The lowest BCUT2D eigenvalue weighted by Gasteiger charge is -2.29. The summed E-state index contributed by atoms with van der Waals surface area (Å²) in [5.74, 6) is 1.17. The van der Waals surface area contributed by atoms with E-state index in [2.05, 4.69) is 9.88 Å². The van der Waals surface area contributed by atoms with Crippen molar-refractivity contribution in [2.45, 2.75) is 25.5 Å². The zero-order valence-corrected chi connectivity index (χ0v) is 17.2. The number of pyridine rings is 1. The van der Waals surface area contributed by atoms with E-state index in [1.807, 2.05) is 43.1 Å². The summed E-state index contributed by atoms with van der Waals surface area (Å²) >= 11 is 0. The highest BCUT2D eigenvalue weighted by atomic mass is 19.1. The Morgan fingerprint density at radius 2 is 2.00 bits per heavy atom.